The van der Waals surface area contributed by atoms with Gasteiger partial charge >= 0.3 is 11.7 Å². The highest BCUT2D eigenvalue weighted by Gasteiger charge is 2.32. The van der Waals surface area contributed by atoms with Crippen molar-refractivity contribution in [1.82, 2.24) is 9.78 Å². The zero-order chi connectivity index (χ0) is 15.6. The van der Waals surface area contributed by atoms with Crippen LogP contribution in [-0.2, 0) is 4.79 Å². The van der Waals surface area contributed by atoms with Gasteiger partial charge in [-0.05, 0) is 26.7 Å². The summed E-state index contributed by atoms with van der Waals surface area (Å²) in [6.07, 6.45) is 0. The number of aliphatic carboxylic acids is 1. The van der Waals surface area contributed by atoms with Crippen molar-refractivity contribution >= 4 is 23.4 Å². The van der Waals surface area contributed by atoms with Crippen molar-refractivity contribution in [3.05, 3.63) is 15.8 Å². The summed E-state index contributed by atoms with van der Waals surface area (Å²) < 4.78 is 1.52. The van der Waals surface area contributed by atoms with Gasteiger partial charge in [-0.1, -0.05) is 25.6 Å². The summed E-state index contributed by atoms with van der Waals surface area (Å²) in [5.74, 6) is -1.12. The Kier molecular flexibility index (Phi) is 5.15. The van der Waals surface area contributed by atoms with Gasteiger partial charge in [-0.25, -0.2) is 4.68 Å². The molecule has 1 rings (SSSR count). The molecule has 1 atom stereocenters. The monoisotopic (exact) mass is 301 g/mol. The van der Waals surface area contributed by atoms with Gasteiger partial charge in [0.1, 0.15) is 10.9 Å². The Bertz CT molecular complexity index is 525. The third-order valence-electron chi connectivity index (χ3n) is 2.77. The number of aromatic nitrogens is 2. The third-order valence-corrected chi connectivity index (χ3v) is 4.37. The minimum absolute atomic E-state index is 0.0773. The van der Waals surface area contributed by atoms with E-state index in [9.17, 15) is 20.0 Å². The van der Waals surface area contributed by atoms with Crippen LogP contribution >= 0.6 is 11.8 Å². The fourth-order valence-electron chi connectivity index (χ4n) is 1.78. The van der Waals surface area contributed by atoms with Gasteiger partial charge in [0.25, 0.3) is 0 Å². The average molecular weight is 301 g/mol. The molecule has 112 valence electrons. The van der Waals surface area contributed by atoms with Gasteiger partial charge in [-0.3, -0.25) is 14.9 Å². The second-order valence-corrected chi connectivity index (χ2v) is 6.29. The zero-order valence-electron chi connectivity index (χ0n) is 12.2. The highest BCUT2D eigenvalue weighted by Crippen LogP contribution is 2.38. The zero-order valence-corrected chi connectivity index (χ0v) is 13.0. The number of carbonyl (C=O) groups is 1. The van der Waals surface area contributed by atoms with E-state index in [1.165, 1.54) is 4.68 Å². The molecule has 0 radical (unpaired) electrons. The molecule has 0 saturated heterocycles. The molecule has 1 N–H and O–H groups in total. The van der Waals surface area contributed by atoms with Crippen LogP contribution in [0.15, 0.2) is 5.03 Å². The van der Waals surface area contributed by atoms with E-state index in [1.54, 1.807) is 20.8 Å². The molecule has 1 aromatic rings. The van der Waals surface area contributed by atoms with Gasteiger partial charge in [-0.15, -0.1) is 0 Å². The van der Waals surface area contributed by atoms with Crippen LogP contribution in [0.1, 0.15) is 39.4 Å². The Morgan fingerprint density at radius 2 is 1.95 bits per heavy atom. The first-order valence-corrected chi connectivity index (χ1v) is 7.17. The van der Waals surface area contributed by atoms with Crippen molar-refractivity contribution in [3.8, 4) is 0 Å². The van der Waals surface area contributed by atoms with E-state index in [-0.39, 0.29) is 17.6 Å². The third kappa shape index (κ3) is 3.30. The quantitative estimate of drug-likeness (QED) is 0.493. The number of rotatable bonds is 6. The molecule has 1 aromatic heterocycles. The molecule has 0 fully saturated rings. The van der Waals surface area contributed by atoms with Crippen LogP contribution in [0.25, 0.3) is 0 Å². The molecule has 0 bridgehead atoms. The number of hydrogen-bond donors (Lipinski definition) is 1. The van der Waals surface area contributed by atoms with Crippen LogP contribution in [0.4, 0.5) is 5.69 Å². The highest BCUT2D eigenvalue weighted by molar-refractivity contribution is 8.00. The fraction of sp³-hybridized carbons (Fsp3) is 0.667. The van der Waals surface area contributed by atoms with Crippen LogP contribution in [0.2, 0.25) is 0 Å². The summed E-state index contributed by atoms with van der Waals surface area (Å²) >= 11 is 0.995. The van der Waals surface area contributed by atoms with E-state index in [0.717, 1.165) is 11.8 Å². The molecule has 0 aliphatic rings. The van der Waals surface area contributed by atoms with Crippen LogP contribution in [0.3, 0.4) is 0 Å². The lowest BCUT2D eigenvalue weighted by Gasteiger charge is -2.17. The van der Waals surface area contributed by atoms with Gasteiger partial charge in [0.05, 0.1) is 4.92 Å². The topological polar surface area (TPSA) is 98.3 Å². The summed E-state index contributed by atoms with van der Waals surface area (Å²) in [6, 6.07) is -0.0773. The van der Waals surface area contributed by atoms with Crippen molar-refractivity contribution < 1.29 is 14.8 Å². The smallest absolute Gasteiger partial charge is 0.323 e. The molecule has 1 heterocycles. The molecule has 20 heavy (non-hydrogen) atoms. The van der Waals surface area contributed by atoms with Crippen molar-refractivity contribution in [2.24, 2.45) is 5.92 Å². The van der Waals surface area contributed by atoms with Crippen molar-refractivity contribution in [2.75, 3.05) is 0 Å². The van der Waals surface area contributed by atoms with Gasteiger partial charge in [0.2, 0.25) is 0 Å². The van der Waals surface area contributed by atoms with Crippen LogP contribution in [-0.4, -0.2) is 31.0 Å². The molecule has 0 saturated carbocycles. The summed E-state index contributed by atoms with van der Waals surface area (Å²) in [4.78, 5) is 22.0. The largest absolute Gasteiger partial charge is 0.480 e. The van der Waals surface area contributed by atoms with E-state index >= 15 is 0 Å². The molecule has 7 nitrogen and oxygen atoms in total. The second-order valence-electron chi connectivity index (χ2n) is 5.16. The molecule has 0 aliphatic heterocycles. The number of aryl methyl sites for hydroxylation is 1. The van der Waals surface area contributed by atoms with Crippen molar-refractivity contribution in [3.63, 3.8) is 0 Å². The van der Waals surface area contributed by atoms with E-state index in [0.29, 0.717) is 10.7 Å². The molecule has 0 aliphatic carbocycles. The maximum atomic E-state index is 11.3. The van der Waals surface area contributed by atoms with E-state index in [2.05, 4.69) is 5.10 Å². The Hall–Kier alpha value is -1.57. The molecule has 1 unspecified atom stereocenters. The van der Waals surface area contributed by atoms with Crippen molar-refractivity contribution in [2.45, 2.75) is 50.9 Å². The van der Waals surface area contributed by atoms with E-state index < -0.39 is 16.1 Å². The summed E-state index contributed by atoms with van der Waals surface area (Å²) in [7, 11) is 0. The number of carboxylic acid groups (broad SMARTS) is 1. The lowest BCUT2D eigenvalue weighted by molar-refractivity contribution is -0.388. The average Bonchev–Trinajstić information content (AvgIpc) is 2.62. The molecule has 0 spiro atoms. The first kappa shape index (κ1) is 16.5. The normalized spacial score (nSPS) is 12.9. The SMILES string of the molecule is Cc1nn(C(C)C)c(SC(C(=O)O)C(C)C)c1[N+](=O)[O-]. The molecular formula is C12H19N3O4S. The first-order valence-electron chi connectivity index (χ1n) is 6.29. The van der Waals surface area contributed by atoms with E-state index in [1.807, 2.05) is 13.8 Å². The second kappa shape index (κ2) is 6.25. The maximum absolute atomic E-state index is 11.3. The fourth-order valence-corrected chi connectivity index (χ4v) is 3.09. The van der Waals surface area contributed by atoms with Gasteiger partial charge in [0, 0.05) is 6.04 Å². The lowest BCUT2D eigenvalue weighted by atomic mass is 10.1. The Morgan fingerprint density at radius 1 is 1.40 bits per heavy atom. The highest BCUT2D eigenvalue weighted by atomic mass is 32.2. The van der Waals surface area contributed by atoms with Crippen LogP contribution < -0.4 is 0 Å². The van der Waals surface area contributed by atoms with Gasteiger partial charge < -0.3 is 5.11 Å². The summed E-state index contributed by atoms with van der Waals surface area (Å²) in [5, 5.41) is 24.2. The number of nitro groups is 1. The number of hydrogen-bond acceptors (Lipinski definition) is 5. The number of carboxylic acids is 1. The molecular weight excluding hydrogens is 282 g/mol. The molecule has 0 aromatic carbocycles. The predicted molar refractivity (Wildman–Crippen MR) is 76.1 cm³/mol. The number of thioether (sulfide) groups is 1. The minimum atomic E-state index is -0.978. The van der Waals surface area contributed by atoms with Gasteiger partial charge in [0.15, 0.2) is 5.03 Å². The van der Waals surface area contributed by atoms with Crippen LogP contribution in [0.5, 0.6) is 0 Å². The minimum Gasteiger partial charge on any atom is -0.480 e. The van der Waals surface area contributed by atoms with Crippen molar-refractivity contribution in [1.29, 1.82) is 0 Å². The predicted octanol–water partition coefficient (Wildman–Crippen LogP) is 2.88. The Balaban J connectivity index is 3.33. The number of nitrogens with zero attached hydrogens (tertiary/aromatic N) is 3. The maximum Gasteiger partial charge on any atom is 0.323 e. The molecule has 8 heteroatoms. The molecule has 0 amide bonds. The first-order chi connectivity index (χ1) is 9.16. The standard InChI is InChI=1S/C12H19N3O4S/c1-6(2)10(12(16)17)20-11-9(15(18)19)8(5)13-14(11)7(3)4/h6-7,10H,1-5H3,(H,16,17). The summed E-state index contributed by atoms with van der Waals surface area (Å²) in [6.45, 7) is 8.82. The van der Waals surface area contributed by atoms with Gasteiger partial charge in [-0.2, -0.15) is 5.10 Å². The Labute approximate surface area is 121 Å². The van der Waals surface area contributed by atoms with Crippen LogP contribution in [0, 0.1) is 23.0 Å². The lowest BCUT2D eigenvalue weighted by Crippen LogP contribution is -2.23. The van der Waals surface area contributed by atoms with E-state index in [4.69, 9.17) is 0 Å². The summed E-state index contributed by atoms with van der Waals surface area (Å²) in [5.41, 5.74) is 0.203. The Morgan fingerprint density at radius 3 is 2.30 bits per heavy atom.